The fourth-order valence-corrected chi connectivity index (χ4v) is 3.45. The summed E-state index contributed by atoms with van der Waals surface area (Å²) in [6.07, 6.45) is 0.834. The van der Waals surface area contributed by atoms with Gasteiger partial charge in [0.15, 0.2) is 0 Å². The summed E-state index contributed by atoms with van der Waals surface area (Å²) in [5, 5.41) is 6.17. The Hall–Kier alpha value is -2.53. The Morgan fingerprint density at radius 3 is 2.63 bits per heavy atom. The van der Waals surface area contributed by atoms with E-state index in [2.05, 4.69) is 10.6 Å². The predicted molar refractivity (Wildman–Crippen MR) is 109 cm³/mol. The molecule has 0 saturated heterocycles. The van der Waals surface area contributed by atoms with Crippen molar-refractivity contribution < 1.29 is 9.59 Å². The monoisotopic (exact) mass is 385 g/mol. The minimum atomic E-state index is -0.615. The van der Waals surface area contributed by atoms with Gasteiger partial charge < -0.3 is 15.5 Å². The number of hydrogen-bond donors (Lipinski definition) is 2. The first-order valence-corrected chi connectivity index (χ1v) is 9.47. The fourth-order valence-electron chi connectivity index (χ4n) is 3.28. The number of anilines is 2. The van der Waals surface area contributed by atoms with Crippen molar-refractivity contribution in [2.45, 2.75) is 33.2 Å². The van der Waals surface area contributed by atoms with Crippen molar-refractivity contribution in [1.82, 2.24) is 5.32 Å². The molecule has 0 bridgehead atoms. The van der Waals surface area contributed by atoms with E-state index in [1.807, 2.05) is 51.1 Å². The first-order chi connectivity index (χ1) is 12.9. The Labute approximate surface area is 164 Å². The summed E-state index contributed by atoms with van der Waals surface area (Å²) < 4.78 is 0. The molecule has 6 heteroatoms. The summed E-state index contributed by atoms with van der Waals surface area (Å²) in [5.74, 6) is -0.135. The number of aryl methyl sites for hydroxylation is 1. The molecular formula is C21H24ClN3O2. The molecule has 5 nitrogen and oxygen atoms in total. The summed E-state index contributed by atoms with van der Waals surface area (Å²) >= 11 is 6.01. The highest BCUT2D eigenvalue weighted by molar-refractivity contribution is 6.31. The van der Waals surface area contributed by atoms with Gasteiger partial charge >= 0.3 is 6.03 Å². The highest BCUT2D eigenvalue weighted by Gasteiger charge is 2.32. The molecule has 3 amide bonds. The second-order valence-corrected chi connectivity index (χ2v) is 7.58. The zero-order valence-corrected chi connectivity index (χ0v) is 16.5. The molecule has 27 heavy (non-hydrogen) atoms. The number of para-hydroxylation sites is 1. The average molecular weight is 386 g/mol. The summed E-state index contributed by atoms with van der Waals surface area (Å²) in [6, 6.07) is 12.2. The largest absolute Gasteiger partial charge is 0.326 e. The average Bonchev–Trinajstić information content (AvgIpc) is 3.06. The standard InChI is InChI=1S/C21H24ClN3O2/c1-13(2)19(20(26)25-11-10-15-6-4-5-7-18(15)25)24-21(27)23-17-12-16(22)9-8-14(17)3/h4-9,12-13,19H,10-11H2,1-3H3,(H2,23,24,27)/t19-/m0/s1. The SMILES string of the molecule is Cc1ccc(Cl)cc1NC(=O)N[C@H](C(=O)N1CCc2ccccc21)C(C)C. The van der Waals surface area contributed by atoms with Gasteiger partial charge in [-0.2, -0.15) is 0 Å². The molecule has 0 aromatic heterocycles. The molecule has 2 N–H and O–H groups in total. The van der Waals surface area contributed by atoms with Crippen molar-refractivity contribution in [3.63, 3.8) is 0 Å². The van der Waals surface area contributed by atoms with Crippen molar-refractivity contribution in [2.24, 2.45) is 5.92 Å². The minimum absolute atomic E-state index is 0.0449. The topological polar surface area (TPSA) is 61.4 Å². The predicted octanol–water partition coefficient (Wildman–Crippen LogP) is 4.38. The molecule has 0 radical (unpaired) electrons. The van der Waals surface area contributed by atoms with Crippen LogP contribution >= 0.6 is 11.6 Å². The van der Waals surface area contributed by atoms with E-state index >= 15 is 0 Å². The molecule has 1 heterocycles. The Morgan fingerprint density at radius 1 is 1.15 bits per heavy atom. The molecule has 2 aromatic rings. The van der Waals surface area contributed by atoms with Crippen LogP contribution in [-0.4, -0.2) is 24.5 Å². The van der Waals surface area contributed by atoms with E-state index in [4.69, 9.17) is 11.6 Å². The first kappa shape index (κ1) is 19.2. The number of carbonyl (C=O) groups is 2. The lowest BCUT2D eigenvalue weighted by Crippen LogP contribution is -2.52. The molecule has 1 atom stereocenters. The van der Waals surface area contributed by atoms with E-state index in [-0.39, 0.29) is 11.8 Å². The number of urea groups is 1. The van der Waals surface area contributed by atoms with E-state index in [1.165, 1.54) is 0 Å². The lowest BCUT2D eigenvalue weighted by Gasteiger charge is -2.27. The molecule has 0 fully saturated rings. The van der Waals surface area contributed by atoms with E-state index in [0.717, 1.165) is 23.2 Å². The fraction of sp³-hybridized carbons (Fsp3) is 0.333. The third kappa shape index (κ3) is 4.25. The highest BCUT2D eigenvalue weighted by Crippen LogP contribution is 2.28. The van der Waals surface area contributed by atoms with E-state index < -0.39 is 12.1 Å². The van der Waals surface area contributed by atoms with Crippen LogP contribution in [0.4, 0.5) is 16.2 Å². The van der Waals surface area contributed by atoms with Gasteiger partial charge in [-0.1, -0.05) is 49.7 Å². The van der Waals surface area contributed by atoms with Crippen LogP contribution in [0.5, 0.6) is 0 Å². The zero-order valence-electron chi connectivity index (χ0n) is 15.8. The Balaban J connectivity index is 1.73. The van der Waals surface area contributed by atoms with Crippen LogP contribution in [0.15, 0.2) is 42.5 Å². The van der Waals surface area contributed by atoms with Gasteiger partial charge in [0.1, 0.15) is 6.04 Å². The van der Waals surface area contributed by atoms with E-state index in [1.54, 1.807) is 17.0 Å². The van der Waals surface area contributed by atoms with Gasteiger partial charge in [-0.3, -0.25) is 4.79 Å². The van der Waals surface area contributed by atoms with Crippen molar-refractivity contribution in [3.8, 4) is 0 Å². The Kier molecular flexibility index (Phi) is 5.71. The van der Waals surface area contributed by atoms with Crippen LogP contribution in [0.3, 0.4) is 0 Å². The van der Waals surface area contributed by atoms with E-state index in [9.17, 15) is 9.59 Å². The number of nitrogens with zero attached hydrogens (tertiary/aromatic N) is 1. The van der Waals surface area contributed by atoms with Gasteiger partial charge in [-0.15, -0.1) is 0 Å². The van der Waals surface area contributed by atoms with Crippen molar-refractivity contribution >= 4 is 34.9 Å². The van der Waals surface area contributed by atoms with Crippen LogP contribution in [0.1, 0.15) is 25.0 Å². The maximum Gasteiger partial charge on any atom is 0.319 e. The molecule has 0 spiro atoms. The molecule has 0 unspecified atom stereocenters. The quantitative estimate of drug-likeness (QED) is 0.820. The van der Waals surface area contributed by atoms with Crippen molar-refractivity contribution in [2.75, 3.05) is 16.8 Å². The normalized spacial score (nSPS) is 14.0. The third-order valence-electron chi connectivity index (χ3n) is 4.82. The molecule has 1 aliphatic heterocycles. The summed E-state index contributed by atoms with van der Waals surface area (Å²) in [7, 11) is 0. The van der Waals surface area contributed by atoms with Gasteiger partial charge in [0, 0.05) is 22.9 Å². The lowest BCUT2D eigenvalue weighted by atomic mass is 10.0. The maximum atomic E-state index is 13.1. The molecule has 2 aromatic carbocycles. The lowest BCUT2D eigenvalue weighted by molar-refractivity contribution is -0.121. The molecule has 0 saturated carbocycles. The Bertz CT molecular complexity index is 866. The van der Waals surface area contributed by atoms with E-state index in [0.29, 0.717) is 17.3 Å². The molecular weight excluding hydrogens is 362 g/mol. The molecule has 0 aliphatic carbocycles. The number of halogens is 1. The third-order valence-corrected chi connectivity index (χ3v) is 5.06. The summed E-state index contributed by atoms with van der Waals surface area (Å²) in [5.41, 5.74) is 3.62. The van der Waals surface area contributed by atoms with Gasteiger partial charge in [0.25, 0.3) is 0 Å². The Morgan fingerprint density at radius 2 is 1.89 bits per heavy atom. The zero-order chi connectivity index (χ0) is 19.6. The van der Waals surface area contributed by atoms with Crippen LogP contribution in [0.2, 0.25) is 5.02 Å². The summed E-state index contributed by atoms with van der Waals surface area (Å²) in [4.78, 5) is 27.4. The van der Waals surface area contributed by atoms with Crippen LogP contribution in [0.25, 0.3) is 0 Å². The van der Waals surface area contributed by atoms with Gasteiger partial charge in [0.2, 0.25) is 5.91 Å². The molecule has 1 aliphatic rings. The second kappa shape index (κ2) is 8.01. The number of rotatable bonds is 4. The maximum absolute atomic E-state index is 13.1. The number of amides is 3. The molecule has 142 valence electrons. The first-order valence-electron chi connectivity index (χ1n) is 9.09. The van der Waals surface area contributed by atoms with Crippen LogP contribution < -0.4 is 15.5 Å². The number of nitrogens with one attached hydrogen (secondary N) is 2. The van der Waals surface area contributed by atoms with Crippen LogP contribution in [-0.2, 0) is 11.2 Å². The minimum Gasteiger partial charge on any atom is -0.326 e. The molecule has 3 rings (SSSR count). The number of benzene rings is 2. The van der Waals surface area contributed by atoms with Crippen LogP contribution in [0, 0.1) is 12.8 Å². The smallest absolute Gasteiger partial charge is 0.319 e. The summed E-state index contributed by atoms with van der Waals surface area (Å²) in [6.45, 7) is 6.38. The van der Waals surface area contributed by atoms with Gasteiger partial charge in [0.05, 0.1) is 0 Å². The number of carbonyl (C=O) groups excluding carboxylic acids is 2. The number of fused-ring (bicyclic) bond motifs is 1. The van der Waals surface area contributed by atoms with Gasteiger partial charge in [-0.05, 0) is 48.6 Å². The van der Waals surface area contributed by atoms with Crippen molar-refractivity contribution in [1.29, 1.82) is 0 Å². The van der Waals surface area contributed by atoms with Gasteiger partial charge in [-0.25, -0.2) is 4.79 Å². The second-order valence-electron chi connectivity index (χ2n) is 7.15. The van der Waals surface area contributed by atoms with Crippen molar-refractivity contribution in [3.05, 3.63) is 58.6 Å². The number of hydrogen-bond acceptors (Lipinski definition) is 2. The highest BCUT2D eigenvalue weighted by atomic mass is 35.5.